The van der Waals surface area contributed by atoms with Gasteiger partial charge in [-0.1, -0.05) is 35.5 Å². The van der Waals surface area contributed by atoms with Crippen molar-refractivity contribution in [3.05, 3.63) is 71.3 Å². The first kappa shape index (κ1) is 59.3. The van der Waals surface area contributed by atoms with E-state index in [9.17, 15) is 68.4 Å². The summed E-state index contributed by atoms with van der Waals surface area (Å²) in [4.78, 5) is 130. The van der Waals surface area contributed by atoms with Gasteiger partial charge in [-0.2, -0.15) is 5.21 Å². The van der Waals surface area contributed by atoms with E-state index >= 15 is 4.39 Å². The monoisotopic (exact) mass is 1030 g/mol. The fourth-order valence-corrected chi connectivity index (χ4v) is 6.68. The Morgan fingerprint density at radius 1 is 0.767 bits per heavy atom. The van der Waals surface area contributed by atoms with E-state index in [1.165, 1.54) is 44.2 Å². The van der Waals surface area contributed by atoms with Crippen molar-refractivity contribution >= 4 is 59.5 Å². The number of phenols is 1. The van der Waals surface area contributed by atoms with Crippen LogP contribution >= 0.6 is 0 Å². The van der Waals surface area contributed by atoms with E-state index in [2.05, 4.69) is 57.8 Å². The minimum Gasteiger partial charge on any atom is -0.508 e. The number of carbonyl (C=O) groups is 10. The number of carbonyl (C=O) groups excluding carboxylic acids is 9. The predicted molar refractivity (Wildman–Crippen MR) is 248 cm³/mol. The van der Waals surface area contributed by atoms with E-state index in [1.54, 1.807) is 12.1 Å². The van der Waals surface area contributed by atoms with Crippen LogP contribution in [0.4, 0.5) is 4.39 Å². The van der Waals surface area contributed by atoms with E-state index in [-0.39, 0.29) is 29.8 Å². The molecule has 28 nitrogen and oxygen atoms in total. The molecule has 0 aliphatic heterocycles. The molecule has 0 aliphatic carbocycles. The third-order valence-corrected chi connectivity index (χ3v) is 10.8. The van der Waals surface area contributed by atoms with Gasteiger partial charge < -0.3 is 78.6 Å². The van der Waals surface area contributed by atoms with Crippen molar-refractivity contribution in [2.24, 2.45) is 5.73 Å². The Morgan fingerprint density at radius 2 is 1.40 bits per heavy atom. The molecule has 0 aliphatic rings. The van der Waals surface area contributed by atoms with Gasteiger partial charge in [0.05, 0.1) is 43.9 Å². The average Bonchev–Trinajstić information content (AvgIpc) is 3.84. The number of aliphatic carboxylic acids is 1. The summed E-state index contributed by atoms with van der Waals surface area (Å²) in [5, 5.41) is 80.9. The number of carboxylic acids is 1. The molecule has 3 rings (SSSR count). The maximum absolute atomic E-state index is 15.1. The van der Waals surface area contributed by atoms with Crippen molar-refractivity contribution < 1.29 is 77.9 Å². The lowest BCUT2D eigenvalue weighted by atomic mass is 9.90. The van der Waals surface area contributed by atoms with Crippen LogP contribution < -0.4 is 48.3 Å². The number of aldehydes is 1. The molecule has 9 atom stereocenters. The first-order valence-electron chi connectivity index (χ1n) is 22.3. The number of aliphatic hydroxyl groups is 3. The number of nitrogens with two attached hydrogens (primary N) is 1. The van der Waals surface area contributed by atoms with E-state index < -0.39 is 151 Å². The van der Waals surface area contributed by atoms with Crippen LogP contribution in [0.5, 0.6) is 5.75 Å². The minimum absolute atomic E-state index is 0.00391. The van der Waals surface area contributed by atoms with Gasteiger partial charge in [-0.05, 0) is 70.4 Å². The Bertz CT molecular complexity index is 2440. The zero-order valence-electron chi connectivity index (χ0n) is 40.2. The summed E-state index contributed by atoms with van der Waals surface area (Å²) in [6, 6.07) is 1.03. The van der Waals surface area contributed by atoms with Gasteiger partial charge in [0.15, 0.2) is 5.82 Å². The van der Waals surface area contributed by atoms with Gasteiger partial charge in [0.1, 0.15) is 53.1 Å². The fraction of sp³-hybridized carbons (Fsp3) is 0.477. The van der Waals surface area contributed by atoms with E-state index in [0.29, 0.717) is 5.56 Å². The number of aromatic nitrogens is 4. The molecular formula is C44H60FN13O15. The summed E-state index contributed by atoms with van der Waals surface area (Å²) in [5.74, 6) is -11.1. The topological polar surface area (TPSA) is 449 Å². The summed E-state index contributed by atoms with van der Waals surface area (Å²) in [7, 11) is 0. The number of benzene rings is 2. The number of nitrogens with zero attached hydrogens (tertiary/aromatic N) is 3. The first-order valence-corrected chi connectivity index (χ1v) is 22.3. The highest BCUT2D eigenvalue weighted by Gasteiger charge is 2.42. The number of amides is 8. The lowest BCUT2D eigenvalue weighted by molar-refractivity contribution is -0.140. The molecule has 398 valence electrons. The van der Waals surface area contributed by atoms with Crippen molar-refractivity contribution in [2.75, 3.05) is 13.2 Å². The van der Waals surface area contributed by atoms with Gasteiger partial charge in [-0.3, -0.25) is 43.2 Å². The van der Waals surface area contributed by atoms with Crippen LogP contribution in [0.25, 0.3) is 0 Å². The summed E-state index contributed by atoms with van der Waals surface area (Å²) in [6.45, 7) is 3.85. The molecule has 8 amide bonds. The minimum atomic E-state index is -2.30. The van der Waals surface area contributed by atoms with Gasteiger partial charge in [-0.15, -0.1) is 10.2 Å². The molecule has 29 heteroatoms. The maximum atomic E-state index is 15.1. The number of phenolic OH excluding ortho intramolecular Hbond substituents is 1. The molecule has 0 spiro atoms. The SMILES string of the molecule is C[C@@H](O)[C@H](NC(=O)CNC(=O)[C@H](Cc1nn[nH]n1)NC(=O)C(C)(C)NC(=O)[C@@H](N)Cc1ccc(O)cc1)C(=O)N[C@@](C)(Cc1ccccc1F)C(=O)N[C@H](C(=O)N[C@@H](CO)C(=O)NC(C=O)CC(=O)O)[C@@H](C)O. The van der Waals surface area contributed by atoms with Gasteiger partial charge in [0, 0.05) is 12.8 Å². The Morgan fingerprint density at radius 3 is 1.96 bits per heavy atom. The average molecular weight is 1030 g/mol. The Hall–Kier alpha value is -8.02. The van der Waals surface area contributed by atoms with Crippen LogP contribution in [0.3, 0.4) is 0 Å². The van der Waals surface area contributed by atoms with Crippen LogP contribution in [0.1, 0.15) is 58.0 Å². The Labute approximate surface area is 415 Å². The fourth-order valence-electron chi connectivity index (χ4n) is 6.68. The van der Waals surface area contributed by atoms with Crippen LogP contribution in [0, 0.1) is 5.82 Å². The molecule has 1 aromatic heterocycles. The molecule has 16 N–H and O–H groups in total. The normalized spacial score (nSPS) is 15.4. The van der Waals surface area contributed by atoms with Crippen molar-refractivity contribution in [3.63, 3.8) is 0 Å². The molecule has 0 fully saturated rings. The molecule has 0 bridgehead atoms. The number of rotatable bonds is 28. The molecule has 0 radical (unpaired) electrons. The van der Waals surface area contributed by atoms with Gasteiger partial charge in [0.25, 0.3) is 0 Å². The quantitative estimate of drug-likeness (QED) is 0.0301. The largest absolute Gasteiger partial charge is 0.508 e. The lowest BCUT2D eigenvalue weighted by Crippen LogP contribution is -2.67. The summed E-state index contributed by atoms with van der Waals surface area (Å²) < 4.78 is 15.1. The number of aromatic amines is 1. The van der Waals surface area contributed by atoms with Crippen LogP contribution in [0.2, 0.25) is 0 Å². The first-order chi connectivity index (χ1) is 34.2. The molecule has 2 aromatic carbocycles. The number of aliphatic hydroxyl groups excluding tert-OH is 3. The van der Waals surface area contributed by atoms with E-state index in [0.717, 1.165) is 26.8 Å². The van der Waals surface area contributed by atoms with Crippen molar-refractivity contribution in [1.29, 1.82) is 0 Å². The molecule has 73 heavy (non-hydrogen) atoms. The Kier molecular flexibility index (Phi) is 21.9. The molecule has 3 aromatic rings. The highest BCUT2D eigenvalue weighted by atomic mass is 19.1. The zero-order chi connectivity index (χ0) is 54.8. The number of carboxylic acid groups (broad SMARTS) is 1. The number of tetrazole rings is 1. The summed E-state index contributed by atoms with van der Waals surface area (Å²) in [5.41, 5.74) is 2.54. The summed E-state index contributed by atoms with van der Waals surface area (Å²) >= 11 is 0. The second kappa shape index (κ2) is 27.0. The van der Waals surface area contributed by atoms with Crippen LogP contribution in [-0.4, -0.2) is 178 Å². The third-order valence-electron chi connectivity index (χ3n) is 10.8. The number of hydrogen-bond acceptors (Lipinski definition) is 18. The van der Waals surface area contributed by atoms with Gasteiger partial charge in [-0.25, -0.2) is 4.39 Å². The van der Waals surface area contributed by atoms with Gasteiger partial charge >= 0.3 is 5.97 Å². The standard InChI is InChI=1S/C44H60FN13O15/c1-21(61)34(39(70)49-30(20-60)38(69)48-25(19-59)15-33(65)66)52-42(73)44(5,17-24-8-6-7-9-27(24)45)54-40(71)35(22(2)62)51-32(64)18-47-37(68)29(16-31-55-57-58-56-31)50-41(72)43(3,4)53-36(67)28(46)14-23-10-12-26(63)13-11-23/h6-13,19,21-22,25,28-30,34-35,60-63H,14-18,20,46H2,1-5H3,(H,47,68)(H,48,69)(H,49,70)(H,50,72)(H,51,64)(H,52,73)(H,53,67)(H,54,71)(H,65,66)(H,55,56,57,58)/t21-,22-,25?,28+,29+,30+,34+,35+,44+/m1/s1. The van der Waals surface area contributed by atoms with Gasteiger partial charge in [0.2, 0.25) is 47.3 Å². The highest BCUT2D eigenvalue weighted by molar-refractivity contribution is 5.99. The van der Waals surface area contributed by atoms with Crippen LogP contribution in [0.15, 0.2) is 48.5 Å². The van der Waals surface area contributed by atoms with Crippen molar-refractivity contribution in [3.8, 4) is 5.75 Å². The van der Waals surface area contributed by atoms with E-state index in [4.69, 9.17) is 10.8 Å². The summed E-state index contributed by atoms with van der Waals surface area (Å²) in [6.07, 6.45) is -5.25. The number of nitrogens with one attached hydrogen (secondary N) is 9. The predicted octanol–water partition coefficient (Wildman–Crippen LogP) is -5.86. The highest BCUT2D eigenvalue weighted by Crippen LogP contribution is 2.19. The second-order valence-electron chi connectivity index (χ2n) is 17.5. The molecular weight excluding hydrogens is 970 g/mol. The van der Waals surface area contributed by atoms with Crippen molar-refractivity contribution in [2.45, 2.75) is 120 Å². The number of hydrogen-bond donors (Lipinski definition) is 15. The van der Waals surface area contributed by atoms with Crippen molar-refractivity contribution in [1.82, 2.24) is 63.2 Å². The van der Waals surface area contributed by atoms with Crippen LogP contribution in [-0.2, 0) is 67.2 Å². The Balaban J connectivity index is 1.78. The number of aromatic hydroxyl groups is 1. The second-order valence-corrected chi connectivity index (χ2v) is 17.5. The molecule has 0 saturated carbocycles. The molecule has 1 heterocycles. The maximum Gasteiger partial charge on any atom is 0.305 e. The molecule has 0 saturated heterocycles. The number of H-pyrrole nitrogens is 1. The lowest BCUT2D eigenvalue weighted by Gasteiger charge is -2.34. The van der Waals surface area contributed by atoms with E-state index in [1.807, 2.05) is 5.32 Å². The number of halogens is 1. The zero-order valence-corrected chi connectivity index (χ0v) is 40.2. The smallest absolute Gasteiger partial charge is 0.305 e. The third kappa shape index (κ3) is 18.3. The molecule has 1 unspecified atom stereocenters.